The fraction of sp³-hybridized carbons (Fsp3) is 0.273. The van der Waals surface area contributed by atoms with Crippen LogP contribution in [-0.2, 0) is 24.2 Å². The quantitative estimate of drug-likeness (QED) is 0.387. The van der Waals surface area contributed by atoms with Crippen LogP contribution in [0.3, 0.4) is 0 Å². The number of aliphatic carboxylic acids is 1. The number of carboxylic acids is 1. The van der Waals surface area contributed by atoms with E-state index in [0.29, 0.717) is 28.6 Å². The number of halogens is 2. The number of aromatic nitrogens is 2. The SMILES string of the molecule is CCCCc1ncc(/C=C(/Cc2cccs2)C(=O)O)n1Cc1cccc(Cl)c1Cl. The van der Waals surface area contributed by atoms with Gasteiger partial charge >= 0.3 is 5.97 Å². The van der Waals surface area contributed by atoms with E-state index in [0.717, 1.165) is 41.2 Å². The van der Waals surface area contributed by atoms with Gasteiger partial charge in [0.1, 0.15) is 5.82 Å². The minimum absolute atomic E-state index is 0.327. The van der Waals surface area contributed by atoms with Crippen LogP contribution in [0.5, 0.6) is 0 Å². The summed E-state index contributed by atoms with van der Waals surface area (Å²) < 4.78 is 2.03. The summed E-state index contributed by atoms with van der Waals surface area (Å²) in [5.41, 5.74) is 1.95. The zero-order valence-electron chi connectivity index (χ0n) is 16.1. The fourth-order valence-corrected chi connectivity index (χ4v) is 4.18. The van der Waals surface area contributed by atoms with Gasteiger partial charge in [0.15, 0.2) is 0 Å². The maximum Gasteiger partial charge on any atom is 0.332 e. The lowest BCUT2D eigenvalue weighted by Gasteiger charge is -2.13. The third kappa shape index (κ3) is 5.50. The van der Waals surface area contributed by atoms with Crippen molar-refractivity contribution in [2.24, 2.45) is 0 Å². The van der Waals surface area contributed by atoms with Crippen molar-refractivity contribution in [3.05, 3.63) is 79.5 Å². The largest absolute Gasteiger partial charge is 0.478 e. The molecule has 3 aromatic rings. The first kappa shape index (κ1) is 21.6. The predicted molar refractivity (Wildman–Crippen MR) is 120 cm³/mol. The van der Waals surface area contributed by atoms with Crippen molar-refractivity contribution >= 4 is 46.6 Å². The first-order valence-electron chi connectivity index (χ1n) is 9.43. The first-order valence-corrected chi connectivity index (χ1v) is 11.1. The summed E-state index contributed by atoms with van der Waals surface area (Å²) in [4.78, 5) is 17.4. The van der Waals surface area contributed by atoms with E-state index in [1.54, 1.807) is 29.7 Å². The first-order chi connectivity index (χ1) is 14.0. The van der Waals surface area contributed by atoms with Crippen LogP contribution >= 0.6 is 34.5 Å². The topological polar surface area (TPSA) is 55.1 Å². The lowest BCUT2D eigenvalue weighted by molar-refractivity contribution is -0.132. The molecular weight excluding hydrogens is 427 g/mol. The molecule has 3 rings (SSSR count). The average Bonchev–Trinajstić information content (AvgIpc) is 3.34. The normalized spacial score (nSPS) is 11.8. The highest BCUT2D eigenvalue weighted by Gasteiger charge is 2.15. The van der Waals surface area contributed by atoms with Gasteiger partial charge in [-0.25, -0.2) is 9.78 Å². The number of carboxylic acid groups (broad SMARTS) is 1. The van der Waals surface area contributed by atoms with Crippen LogP contribution in [-0.4, -0.2) is 20.6 Å². The van der Waals surface area contributed by atoms with E-state index in [-0.39, 0.29) is 0 Å². The second-order valence-electron chi connectivity index (χ2n) is 6.73. The van der Waals surface area contributed by atoms with E-state index in [2.05, 4.69) is 11.9 Å². The Kier molecular flexibility index (Phi) is 7.53. The van der Waals surface area contributed by atoms with E-state index in [1.807, 2.05) is 34.2 Å². The van der Waals surface area contributed by atoms with Crippen LogP contribution < -0.4 is 0 Å². The molecule has 0 saturated heterocycles. The van der Waals surface area contributed by atoms with Crippen molar-refractivity contribution in [1.29, 1.82) is 0 Å². The zero-order valence-corrected chi connectivity index (χ0v) is 18.4. The summed E-state index contributed by atoms with van der Waals surface area (Å²) in [7, 11) is 0. The fourth-order valence-electron chi connectivity index (χ4n) is 3.07. The highest BCUT2D eigenvalue weighted by Crippen LogP contribution is 2.27. The molecule has 2 heterocycles. The van der Waals surface area contributed by atoms with Crippen LogP contribution in [0, 0.1) is 0 Å². The third-order valence-corrected chi connectivity index (χ3v) is 6.36. The summed E-state index contributed by atoms with van der Waals surface area (Å²) in [6.07, 6.45) is 6.69. The molecule has 0 saturated carbocycles. The van der Waals surface area contributed by atoms with E-state index < -0.39 is 5.97 Å². The molecule has 29 heavy (non-hydrogen) atoms. The molecule has 0 aliphatic rings. The molecule has 0 fully saturated rings. The highest BCUT2D eigenvalue weighted by atomic mass is 35.5. The highest BCUT2D eigenvalue weighted by molar-refractivity contribution is 7.09. The number of hydrogen-bond donors (Lipinski definition) is 1. The number of unbranched alkanes of at least 4 members (excludes halogenated alkanes) is 1. The Morgan fingerprint density at radius 2 is 2.10 bits per heavy atom. The Morgan fingerprint density at radius 3 is 2.79 bits per heavy atom. The van der Waals surface area contributed by atoms with E-state index in [4.69, 9.17) is 23.2 Å². The van der Waals surface area contributed by atoms with Gasteiger partial charge in [-0.2, -0.15) is 0 Å². The summed E-state index contributed by atoms with van der Waals surface area (Å²) in [5, 5.41) is 12.7. The summed E-state index contributed by atoms with van der Waals surface area (Å²) in [6, 6.07) is 9.41. The van der Waals surface area contributed by atoms with Gasteiger partial charge in [0.25, 0.3) is 0 Å². The maximum atomic E-state index is 11.8. The monoisotopic (exact) mass is 448 g/mol. The molecule has 0 aliphatic heterocycles. The molecule has 0 unspecified atom stereocenters. The molecule has 0 atom stereocenters. The van der Waals surface area contributed by atoms with Crippen LogP contribution in [0.4, 0.5) is 0 Å². The van der Waals surface area contributed by atoms with Gasteiger partial charge in [-0.05, 0) is 35.6 Å². The van der Waals surface area contributed by atoms with Crippen molar-refractivity contribution in [2.45, 2.75) is 39.2 Å². The van der Waals surface area contributed by atoms with Crippen LogP contribution in [0.25, 0.3) is 6.08 Å². The lowest BCUT2D eigenvalue weighted by Crippen LogP contribution is -2.09. The van der Waals surface area contributed by atoms with Crippen molar-refractivity contribution < 1.29 is 9.90 Å². The average molecular weight is 449 g/mol. The van der Waals surface area contributed by atoms with Gasteiger partial charge in [0.05, 0.1) is 28.5 Å². The molecule has 0 amide bonds. The molecular formula is C22H22Cl2N2O2S. The maximum absolute atomic E-state index is 11.8. The van der Waals surface area contributed by atoms with E-state index >= 15 is 0 Å². The molecule has 0 bridgehead atoms. The number of nitrogens with zero attached hydrogens (tertiary/aromatic N) is 2. The van der Waals surface area contributed by atoms with Crippen molar-refractivity contribution in [2.75, 3.05) is 0 Å². The number of hydrogen-bond acceptors (Lipinski definition) is 3. The molecule has 152 valence electrons. The van der Waals surface area contributed by atoms with E-state index in [1.165, 1.54) is 0 Å². The molecule has 0 spiro atoms. The van der Waals surface area contributed by atoms with E-state index in [9.17, 15) is 9.90 Å². The van der Waals surface area contributed by atoms with Crippen LogP contribution in [0.15, 0.2) is 47.5 Å². The minimum atomic E-state index is -0.929. The molecule has 2 aromatic heterocycles. The van der Waals surface area contributed by atoms with Crippen molar-refractivity contribution in [3.8, 4) is 0 Å². The Bertz CT molecular complexity index is 1010. The molecule has 1 aromatic carbocycles. The number of rotatable bonds is 9. The summed E-state index contributed by atoms with van der Waals surface area (Å²) in [6.45, 7) is 2.61. The number of imidazole rings is 1. The summed E-state index contributed by atoms with van der Waals surface area (Å²) in [5.74, 6) is -0.0166. The van der Waals surface area contributed by atoms with Gasteiger partial charge in [-0.3, -0.25) is 0 Å². The standard InChI is InChI=1S/C22H22Cl2N2O2S/c1-2-3-9-20-25-13-17(11-16(22(27)28)12-18-7-5-10-29-18)26(20)14-15-6-4-8-19(23)21(15)24/h4-8,10-11,13H,2-3,9,12,14H2,1H3,(H,27,28)/b16-11-. The second-order valence-corrected chi connectivity index (χ2v) is 8.55. The molecule has 0 radical (unpaired) electrons. The Hall–Kier alpha value is -2.08. The predicted octanol–water partition coefficient (Wildman–Crippen LogP) is 6.35. The molecule has 0 aliphatic carbocycles. The summed E-state index contributed by atoms with van der Waals surface area (Å²) >= 11 is 14.1. The van der Waals surface area contributed by atoms with Gasteiger partial charge in [0.2, 0.25) is 0 Å². The van der Waals surface area contributed by atoms with Crippen molar-refractivity contribution in [1.82, 2.24) is 9.55 Å². The second kappa shape index (κ2) is 10.1. The number of benzene rings is 1. The van der Waals surface area contributed by atoms with Crippen LogP contribution in [0.1, 0.15) is 41.7 Å². The van der Waals surface area contributed by atoms with Crippen LogP contribution in [0.2, 0.25) is 10.0 Å². The Morgan fingerprint density at radius 1 is 1.28 bits per heavy atom. The number of thiophene rings is 1. The van der Waals surface area contributed by atoms with Gasteiger partial charge in [0, 0.05) is 23.3 Å². The van der Waals surface area contributed by atoms with Gasteiger partial charge in [-0.1, -0.05) is 54.7 Å². The Balaban J connectivity index is 2.00. The molecule has 7 heteroatoms. The number of aryl methyl sites for hydroxylation is 1. The van der Waals surface area contributed by atoms with Crippen molar-refractivity contribution in [3.63, 3.8) is 0 Å². The third-order valence-electron chi connectivity index (χ3n) is 4.62. The smallest absolute Gasteiger partial charge is 0.332 e. The Labute approximate surface area is 184 Å². The molecule has 4 nitrogen and oxygen atoms in total. The van der Waals surface area contributed by atoms with Gasteiger partial charge in [-0.15, -0.1) is 11.3 Å². The lowest BCUT2D eigenvalue weighted by atomic mass is 10.1. The molecule has 1 N–H and O–H groups in total. The number of carbonyl (C=O) groups is 1. The minimum Gasteiger partial charge on any atom is -0.478 e. The van der Waals surface area contributed by atoms with Gasteiger partial charge < -0.3 is 9.67 Å². The zero-order chi connectivity index (χ0) is 20.8.